The molecular formula is C12H14O8S2. The Morgan fingerprint density at radius 2 is 1.18 bits per heavy atom. The number of ether oxygens (including phenoxy) is 2. The van der Waals surface area contributed by atoms with Crippen LogP contribution in [0.3, 0.4) is 0 Å². The summed E-state index contributed by atoms with van der Waals surface area (Å²) in [5.41, 5.74) is 0. The lowest BCUT2D eigenvalue weighted by Gasteiger charge is -2.23. The predicted molar refractivity (Wildman–Crippen MR) is 76.3 cm³/mol. The molecular weight excluding hydrogens is 336 g/mol. The van der Waals surface area contributed by atoms with E-state index in [0.29, 0.717) is 11.5 Å². The zero-order valence-corrected chi connectivity index (χ0v) is 13.4. The van der Waals surface area contributed by atoms with Gasteiger partial charge >= 0.3 is 0 Å². The van der Waals surface area contributed by atoms with Gasteiger partial charge in [0.25, 0.3) is 20.2 Å². The molecule has 0 unspecified atom stereocenters. The quantitative estimate of drug-likeness (QED) is 0.688. The van der Waals surface area contributed by atoms with Crippen LogP contribution in [0.5, 0.6) is 11.5 Å². The highest BCUT2D eigenvalue weighted by atomic mass is 32.2. The minimum Gasteiger partial charge on any atom is -0.452 e. The fourth-order valence-corrected chi connectivity index (χ4v) is 2.18. The van der Waals surface area contributed by atoms with Crippen LogP contribution in [-0.2, 0) is 28.6 Å². The molecule has 22 heavy (non-hydrogen) atoms. The Bertz CT molecular complexity index is 725. The Morgan fingerprint density at radius 3 is 1.50 bits per heavy atom. The molecule has 0 bridgehead atoms. The first kappa shape index (κ1) is 16.7. The lowest BCUT2D eigenvalue weighted by atomic mass is 10.3. The Morgan fingerprint density at radius 1 is 0.818 bits per heavy atom. The number of rotatable bonds is 6. The highest BCUT2D eigenvalue weighted by Gasteiger charge is 2.24. The Hall–Kier alpha value is -1.62. The minimum absolute atomic E-state index is 0.0211. The van der Waals surface area contributed by atoms with E-state index in [-0.39, 0.29) is 11.5 Å². The first-order valence-electron chi connectivity index (χ1n) is 5.99. The van der Waals surface area contributed by atoms with Gasteiger partial charge in [0, 0.05) is 0 Å². The van der Waals surface area contributed by atoms with Crippen LogP contribution in [0.1, 0.15) is 0 Å². The Labute approximate surface area is 128 Å². The molecule has 122 valence electrons. The van der Waals surface area contributed by atoms with Gasteiger partial charge in [-0.2, -0.15) is 16.8 Å². The molecule has 1 heterocycles. The van der Waals surface area contributed by atoms with Crippen LogP contribution >= 0.6 is 0 Å². The monoisotopic (exact) mass is 350 g/mol. The molecule has 1 aromatic carbocycles. The molecule has 0 saturated heterocycles. The molecule has 0 atom stereocenters. The summed E-state index contributed by atoms with van der Waals surface area (Å²) >= 11 is 0. The van der Waals surface area contributed by atoms with Crippen molar-refractivity contribution in [2.24, 2.45) is 0 Å². The third-order valence-electron chi connectivity index (χ3n) is 2.43. The maximum Gasteiger partial charge on any atom is 0.264 e. The normalized spacial score (nSPS) is 15.0. The van der Waals surface area contributed by atoms with Crippen LogP contribution in [0.15, 0.2) is 35.8 Å². The van der Waals surface area contributed by atoms with Gasteiger partial charge in [-0.1, -0.05) is 12.1 Å². The molecule has 0 aromatic heterocycles. The number of benzene rings is 1. The van der Waals surface area contributed by atoms with Crippen molar-refractivity contribution in [3.05, 3.63) is 35.8 Å². The van der Waals surface area contributed by atoms with Crippen molar-refractivity contribution >= 4 is 20.2 Å². The second-order valence-corrected chi connectivity index (χ2v) is 7.72. The molecule has 1 aliphatic heterocycles. The van der Waals surface area contributed by atoms with Gasteiger partial charge in [0.2, 0.25) is 0 Å². The lowest BCUT2D eigenvalue weighted by Crippen LogP contribution is -2.21. The maximum absolute atomic E-state index is 11.1. The molecule has 2 rings (SSSR count). The third kappa shape index (κ3) is 4.98. The molecule has 1 aliphatic rings. The largest absolute Gasteiger partial charge is 0.452 e. The average Bonchev–Trinajstić information content (AvgIpc) is 2.40. The van der Waals surface area contributed by atoms with Gasteiger partial charge in [-0.05, 0) is 12.1 Å². The summed E-state index contributed by atoms with van der Waals surface area (Å²) in [7, 11) is -7.39. The van der Waals surface area contributed by atoms with E-state index in [2.05, 4.69) is 8.37 Å². The van der Waals surface area contributed by atoms with Crippen molar-refractivity contribution in [2.75, 3.05) is 25.7 Å². The first-order chi connectivity index (χ1) is 10.1. The molecule has 10 heteroatoms. The van der Waals surface area contributed by atoms with Crippen molar-refractivity contribution in [3.8, 4) is 11.5 Å². The van der Waals surface area contributed by atoms with E-state index in [0.717, 1.165) is 12.5 Å². The third-order valence-corrected chi connectivity index (χ3v) is 3.53. The summed E-state index contributed by atoms with van der Waals surface area (Å²) in [5.74, 6) is 0.760. The smallest absolute Gasteiger partial charge is 0.264 e. The van der Waals surface area contributed by atoms with Gasteiger partial charge in [-0.3, -0.25) is 8.37 Å². The minimum atomic E-state index is -3.70. The number of hydrogen-bond acceptors (Lipinski definition) is 8. The van der Waals surface area contributed by atoms with Crippen LogP contribution in [0.2, 0.25) is 0 Å². The zero-order chi connectivity index (χ0) is 16.4. The van der Waals surface area contributed by atoms with Crippen molar-refractivity contribution in [1.29, 1.82) is 0 Å². The van der Waals surface area contributed by atoms with Gasteiger partial charge in [-0.25, -0.2) is 0 Å². The van der Waals surface area contributed by atoms with E-state index in [1.54, 1.807) is 24.3 Å². The van der Waals surface area contributed by atoms with Crippen LogP contribution < -0.4 is 9.47 Å². The fraction of sp³-hybridized carbons (Fsp3) is 0.333. The highest BCUT2D eigenvalue weighted by Crippen LogP contribution is 2.35. The number of fused-ring (bicyclic) bond motifs is 1. The van der Waals surface area contributed by atoms with Crippen molar-refractivity contribution < 1.29 is 34.7 Å². The summed E-state index contributed by atoms with van der Waals surface area (Å²) in [6.45, 7) is -0.870. The molecule has 0 fully saturated rings. The average molecular weight is 350 g/mol. The summed E-state index contributed by atoms with van der Waals surface area (Å²) in [5, 5.41) is 0. The highest BCUT2D eigenvalue weighted by molar-refractivity contribution is 7.86. The molecule has 1 aromatic rings. The summed E-state index contributed by atoms with van der Waals surface area (Å²) in [6.07, 6.45) is 1.77. The molecule has 0 radical (unpaired) electrons. The maximum atomic E-state index is 11.1. The van der Waals surface area contributed by atoms with E-state index in [4.69, 9.17) is 9.47 Å². The van der Waals surface area contributed by atoms with E-state index >= 15 is 0 Å². The molecule has 0 aliphatic carbocycles. The van der Waals surface area contributed by atoms with Gasteiger partial charge in [0.1, 0.15) is 13.2 Å². The van der Waals surface area contributed by atoms with Crippen LogP contribution in [-0.4, -0.2) is 42.6 Å². The van der Waals surface area contributed by atoms with Crippen molar-refractivity contribution in [1.82, 2.24) is 0 Å². The fourth-order valence-electron chi connectivity index (χ4n) is 1.54. The first-order valence-corrected chi connectivity index (χ1v) is 9.63. The standard InChI is InChI=1S/C12H14O8S2/c1-21(13,14)17-7-11-12(8-18-22(2,15)16)20-10-6-4-3-5-9(10)19-11/h3-6H,7-8H2,1-2H3. The molecule has 0 spiro atoms. The van der Waals surface area contributed by atoms with E-state index in [1.165, 1.54) is 0 Å². The van der Waals surface area contributed by atoms with Gasteiger partial charge < -0.3 is 9.47 Å². The summed E-state index contributed by atoms with van der Waals surface area (Å²) < 4.78 is 64.6. The lowest BCUT2D eigenvalue weighted by molar-refractivity contribution is 0.204. The predicted octanol–water partition coefficient (Wildman–Crippen LogP) is 0.622. The van der Waals surface area contributed by atoms with Gasteiger partial charge in [-0.15, -0.1) is 0 Å². The van der Waals surface area contributed by atoms with Crippen LogP contribution in [0.4, 0.5) is 0 Å². The number of para-hydroxylation sites is 2. The van der Waals surface area contributed by atoms with Gasteiger partial charge in [0.15, 0.2) is 23.0 Å². The van der Waals surface area contributed by atoms with Crippen molar-refractivity contribution in [2.45, 2.75) is 0 Å². The van der Waals surface area contributed by atoms with Crippen LogP contribution in [0, 0.1) is 0 Å². The molecule has 0 saturated carbocycles. The zero-order valence-electron chi connectivity index (χ0n) is 11.8. The van der Waals surface area contributed by atoms with Crippen molar-refractivity contribution in [3.63, 3.8) is 0 Å². The molecule has 8 nitrogen and oxygen atoms in total. The van der Waals surface area contributed by atoms with Gasteiger partial charge in [0.05, 0.1) is 12.5 Å². The Balaban J connectivity index is 2.24. The second-order valence-electron chi connectivity index (χ2n) is 4.43. The van der Waals surface area contributed by atoms with Crippen LogP contribution in [0.25, 0.3) is 0 Å². The van der Waals surface area contributed by atoms with E-state index in [1.807, 2.05) is 0 Å². The van der Waals surface area contributed by atoms with E-state index < -0.39 is 33.5 Å². The topological polar surface area (TPSA) is 105 Å². The summed E-state index contributed by atoms with van der Waals surface area (Å²) in [6, 6.07) is 6.64. The van der Waals surface area contributed by atoms with E-state index in [9.17, 15) is 16.8 Å². The SMILES string of the molecule is CS(=O)(=O)OCC1=C(COS(C)(=O)=O)Oc2ccccc2O1. The summed E-state index contributed by atoms with van der Waals surface area (Å²) in [4.78, 5) is 0. The second kappa shape index (κ2) is 6.24. The Kier molecular flexibility index (Phi) is 4.75. The number of hydrogen-bond donors (Lipinski definition) is 0. The molecule has 0 N–H and O–H groups in total. The molecule has 0 amide bonds.